The summed E-state index contributed by atoms with van der Waals surface area (Å²) in [5, 5.41) is 3.15. The van der Waals surface area contributed by atoms with Gasteiger partial charge < -0.3 is 9.73 Å². The first kappa shape index (κ1) is 9.99. The van der Waals surface area contributed by atoms with Crippen molar-refractivity contribution in [2.75, 3.05) is 7.05 Å². The van der Waals surface area contributed by atoms with E-state index in [2.05, 4.69) is 30.4 Å². The third-order valence-electron chi connectivity index (χ3n) is 2.47. The zero-order valence-electron chi connectivity index (χ0n) is 9.08. The summed E-state index contributed by atoms with van der Waals surface area (Å²) in [6.45, 7) is 2.98. The fourth-order valence-corrected chi connectivity index (χ4v) is 1.68. The summed E-state index contributed by atoms with van der Waals surface area (Å²) in [4.78, 5) is 0. The molecule has 1 heterocycles. The monoisotopic (exact) mass is 201 g/mol. The van der Waals surface area contributed by atoms with E-state index in [1.807, 2.05) is 19.2 Å². The van der Waals surface area contributed by atoms with Gasteiger partial charge in [0.05, 0.1) is 6.26 Å². The summed E-state index contributed by atoms with van der Waals surface area (Å²) in [5.74, 6) is 0.936. The van der Waals surface area contributed by atoms with Crippen LogP contribution in [0.4, 0.5) is 0 Å². The average Bonchev–Trinajstić information content (AvgIpc) is 2.74. The van der Waals surface area contributed by atoms with Gasteiger partial charge in [-0.2, -0.15) is 0 Å². The molecule has 15 heavy (non-hydrogen) atoms. The smallest absolute Gasteiger partial charge is 0.134 e. The largest absolute Gasteiger partial charge is 0.464 e. The molecule has 0 spiro atoms. The second kappa shape index (κ2) is 4.32. The van der Waals surface area contributed by atoms with Crippen molar-refractivity contribution in [3.05, 3.63) is 47.7 Å². The van der Waals surface area contributed by atoms with Crippen LogP contribution in [-0.2, 0) is 6.54 Å². The van der Waals surface area contributed by atoms with E-state index in [9.17, 15) is 0 Å². The third-order valence-corrected chi connectivity index (χ3v) is 2.47. The lowest BCUT2D eigenvalue weighted by Crippen LogP contribution is -2.05. The molecule has 2 aromatic rings. The highest BCUT2D eigenvalue weighted by molar-refractivity contribution is 5.62. The van der Waals surface area contributed by atoms with E-state index in [1.54, 1.807) is 6.26 Å². The first-order valence-corrected chi connectivity index (χ1v) is 5.09. The Bertz CT molecular complexity index is 432. The van der Waals surface area contributed by atoms with Gasteiger partial charge >= 0.3 is 0 Å². The van der Waals surface area contributed by atoms with Gasteiger partial charge in [0.15, 0.2) is 0 Å². The van der Waals surface area contributed by atoms with Crippen LogP contribution in [-0.4, -0.2) is 7.05 Å². The lowest BCUT2D eigenvalue weighted by Gasteiger charge is -2.06. The van der Waals surface area contributed by atoms with E-state index in [-0.39, 0.29) is 0 Å². The zero-order valence-corrected chi connectivity index (χ0v) is 9.08. The van der Waals surface area contributed by atoms with Crippen LogP contribution in [0.3, 0.4) is 0 Å². The van der Waals surface area contributed by atoms with Gasteiger partial charge in [-0.25, -0.2) is 0 Å². The maximum atomic E-state index is 5.41. The van der Waals surface area contributed by atoms with Crippen LogP contribution >= 0.6 is 0 Å². The van der Waals surface area contributed by atoms with E-state index < -0.39 is 0 Å². The molecule has 2 rings (SSSR count). The molecule has 0 aliphatic heterocycles. The lowest BCUT2D eigenvalue weighted by molar-refractivity contribution is 0.582. The Morgan fingerprint density at radius 3 is 2.80 bits per heavy atom. The van der Waals surface area contributed by atoms with Gasteiger partial charge in [-0.15, -0.1) is 0 Å². The molecule has 0 aliphatic carbocycles. The minimum atomic E-state index is 0.883. The van der Waals surface area contributed by atoms with E-state index >= 15 is 0 Å². The molecule has 1 aromatic heterocycles. The van der Waals surface area contributed by atoms with Crippen LogP contribution in [0.2, 0.25) is 0 Å². The van der Waals surface area contributed by atoms with Crippen LogP contribution in [0.5, 0.6) is 0 Å². The second-order valence-electron chi connectivity index (χ2n) is 3.66. The molecule has 0 radical (unpaired) electrons. The summed E-state index contributed by atoms with van der Waals surface area (Å²) in [5.41, 5.74) is 3.69. The van der Waals surface area contributed by atoms with Crippen molar-refractivity contribution in [2.24, 2.45) is 0 Å². The number of benzene rings is 1. The Labute approximate surface area is 89.9 Å². The van der Waals surface area contributed by atoms with Gasteiger partial charge in [0.2, 0.25) is 0 Å². The topological polar surface area (TPSA) is 25.2 Å². The van der Waals surface area contributed by atoms with Gasteiger partial charge in [0.25, 0.3) is 0 Å². The molecule has 0 fully saturated rings. The van der Waals surface area contributed by atoms with E-state index in [0.717, 1.165) is 12.3 Å². The van der Waals surface area contributed by atoms with E-state index in [1.165, 1.54) is 16.7 Å². The maximum absolute atomic E-state index is 5.41. The zero-order chi connectivity index (χ0) is 10.7. The molecule has 78 valence electrons. The molecule has 0 amide bonds. The average molecular weight is 201 g/mol. The van der Waals surface area contributed by atoms with Crippen molar-refractivity contribution in [1.82, 2.24) is 5.32 Å². The number of furan rings is 1. The Kier molecular flexibility index (Phi) is 2.88. The predicted molar refractivity (Wildman–Crippen MR) is 61.6 cm³/mol. The molecular formula is C13H15NO. The van der Waals surface area contributed by atoms with E-state index in [0.29, 0.717) is 0 Å². The van der Waals surface area contributed by atoms with Crippen molar-refractivity contribution < 1.29 is 4.42 Å². The standard InChI is InChI=1S/C13H15NO/c1-10-5-6-11(9-14-2)8-12(10)13-4-3-7-15-13/h3-8,14H,9H2,1-2H3. The third kappa shape index (κ3) is 2.10. The molecule has 0 saturated carbocycles. The fourth-order valence-electron chi connectivity index (χ4n) is 1.68. The number of hydrogen-bond donors (Lipinski definition) is 1. The molecule has 0 unspecified atom stereocenters. The predicted octanol–water partition coefficient (Wildman–Crippen LogP) is 2.97. The Hall–Kier alpha value is -1.54. The number of rotatable bonds is 3. The summed E-state index contributed by atoms with van der Waals surface area (Å²) in [7, 11) is 1.95. The van der Waals surface area contributed by atoms with Crippen molar-refractivity contribution in [3.63, 3.8) is 0 Å². The van der Waals surface area contributed by atoms with Gasteiger partial charge in [-0.1, -0.05) is 12.1 Å². The summed E-state index contributed by atoms with van der Waals surface area (Å²) < 4.78 is 5.41. The van der Waals surface area contributed by atoms with Crippen molar-refractivity contribution in [2.45, 2.75) is 13.5 Å². The first-order valence-electron chi connectivity index (χ1n) is 5.09. The second-order valence-corrected chi connectivity index (χ2v) is 3.66. The van der Waals surface area contributed by atoms with Crippen LogP contribution in [0, 0.1) is 6.92 Å². The quantitative estimate of drug-likeness (QED) is 0.825. The summed E-state index contributed by atoms with van der Waals surface area (Å²) in [6, 6.07) is 10.3. The van der Waals surface area contributed by atoms with Crippen molar-refractivity contribution >= 4 is 0 Å². The molecule has 0 saturated heterocycles. The van der Waals surface area contributed by atoms with Gasteiger partial charge in [0, 0.05) is 12.1 Å². The SMILES string of the molecule is CNCc1ccc(C)c(-c2ccco2)c1. The van der Waals surface area contributed by atoms with Crippen LogP contribution in [0.15, 0.2) is 41.0 Å². The molecule has 2 nitrogen and oxygen atoms in total. The summed E-state index contributed by atoms with van der Waals surface area (Å²) in [6.07, 6.45) is 1.71. The first-order chi connectivity index (χ1) is 7.31. The maximum Gasteiger partial charge on any atom is 0.134 e. The van der Waals surface area contributed by atoms with E-state index in [4.69, 9.17) is 4.42 Å². The normalized spacial score (nSPS) is 10.5. The lowest BCUT2D eigenvalue weighted by atomic mass is 10.0. The number of hydrogen-bond acceptors (Lipinski definition) is 2. The molecule has 0 aliphatic rings. The Morgan fingerprint density at radius 1 is 1.27 bits per heavy atom. The van der Waals surface area contributed by atoms with Crippen molar-refractivity contribution in [3.8, 4) is 11.3 Å². The molecular weight excluding hydrogens is 186 g/mol. The molecule has 1 aromatic carbocycles. The Balaban J connectivity index is 2.41. The highest BCUT2D eigenvalue weighted by Crippen LogP contribution is 2.24. The molecule has 0 atom stereocenters. The Morgan fingerprint density at radius 2 is 2.13 bits per heavy atom. The number of aryl methyl sites for hydroxylation is 1. The minimum Gasteiger partial charge on any atom is -0.464 e. The molecule has 1 N–H and O–H groups in total. The van der Waals surface area contributed by atoms with Crippen LogP contribution in [0.1, 0.15) is 11.1 Å². The fraction of sp³-hybridized carbons (Fsp3) is 0.231. The van der Waals surface area contributed by atoms with Crippen LogP contribution in [0.25, 0.3) is 11.3 Å². The van der Waals surface area contributed by atoms with Gasteiger partial charge in [0.1, 0.15) is 5.76 Å². The molecule has 0 bridgehead atoms. The highest BCUT2D eigenvalue weighted by Gasteiger charge is 2.05. The highest BCUT2D eigenvalue weighted by atomic mass is 16.3. The van der Waals surface area contributed by atoms with Crippen molar-refractivity contribution in [1.29, 1.82) is 0 Å². The molecule has 2 heteroatoms. The minimum absolute atomic E-state index is 0.883. The van der Waals surface area contributed by atoms with Gasteiger partial charge in [-0.05, 0) is 43.3 Å². The number of nitrogens with one attached hydrogen (secondary N) is 1. The van der Waals surface area contributed by atoms with Crippen LogP contribution < -0.4 is 5.32 Å². The van der Waals surface area contributed by atoms with Gasteiger partial charge in [-0.3, -0.25) is 0 Å². The summed E-state index contributed by atoms with van der Waals surface area (Å²) >= 11 is 0.